The monoisotopic (exact) mass is 409 g/mol. The molecule has 3 heteroatoms. The van der Waals surface area contributed by atoms with Crippen molar-refractivity contribution in [2.75, 3.05) is 0 Å². The quantitative estimate of drug-likeness (QED) is 0.371. The maximum atomic E-state index is 4.58. The Morgan fingerprint density at radius 1 is 0.567 bits per heavy atom. The molecule has 0 bridgehead atoms. The van der Waals surface area contributed by atoms with Gasteiger partial charge in [0.25, 0.3) is 0 Å². The molecule has 5 aromatic rings. The van der Waals surface area contributed by atoms with Crippen LogP contribution in [0.15, 0.2) is 115 Å². The summed E-state index contributed by atoms with van der Waals surface area (Å²) in [7, 11) is -1.92. The van der Waals surface area contributed by atoms with Crippen molar-refractivity contribution in [1.82, 2.24) is 10.2 Å². The molecular formula is C27H26N2P+. The van der Waals surface area contributed by atoms with E-state index in [0.717, 1.165) is 11.7 Å². The summed E-state index contributed by atoms with van der Waals surface area (Å²) in [5.74, 6) is 0. The Labute approximate surface area is 179 Å². The number of rotatable bonds is 5. The minimum absolute atomic E-state index is 0. The third-order valence-corrected chi connectivity index (χ3v) is 9.86. The molecule has 4 aromatic carbocycles. The summed E-state index contributed by atoms with van der Waals surface area (Å²) in [5, 5.41) is 13.3. The maximum absolute atomic E-state index is 4.58. The maximum Gasteiger partial charge on any atom is 0.118 e. The second-order valence-electron chi connectivity index (χ2n) is 7.19. The molecule has 1 heterocycles. The molecule has 0 atom stereocenters. The van der Waals surface area contributed by atoms with Crippen molar-refractivity contribution in [3.05, 3.63) is 121 Å². The summed E-state index contributed by atoms with van der Waals surface area (Å²) >= 11 is 0. The number of hydrogen-bond acceptors (Lipinski definition) is 1. The van der Waals surface area contributed by atoms with Crippen LogP contribution in [0.4, 0.5) is 0 Å². The lowest BCUT2D eigenvalue weighted by molar-refractivity contribution is 1.05. The van der Waals surface area contributed by atoms with E-state index >= 15 is 0 Å². The highest BCUT2D eigenvalue weighted by molar-refractivity contribution is 7.95. The van der Waals surface area contributed by atoms with Gasteiger partial charge < -0.3 is 0 Å². The predicted molar refractivity (Wildman–Crippen MR) is 132 cm³/mol. The topological polar surface area (TPSA) is 28.7 Å². The fourth-order valence-electron chi connectivity index (χ4n) is 4.14. The molecule has 1 N–H and O–H groups in total. The molecule has 0 saturated carbocycles. The number of aromatic amines is 1. The van der Waals surface area contributed by atoms with Crippen LogP contribution in [0.1, 0.15) is 13.1 Å². The normalized spacial score (nSPS) is 11.2. The van der Waals surface area contributed by atoms with Crippen LogP contribution in [0.5, 0.6) is 0 Å². The summed E-state index contributed by atoms with van der Waals surface area (Å²) in [6.45, 7) is 0. The van der Waals surface area contributed by atoms with Crippen LogP contribution < -0.4 is 15.9 Å². The summed E-state index contributed by atoms with van der Waals surface area (Å²) in [5.41, 5.74) is 2.22. The second-order valence-corrected chi connectivity index (χ2v) is 10.7. The van der Waals surface area contributed by atoms with E-state index in [-0.39, 0.29) is 7.43 Å². The number of benzene rings is 4. The van der Waals surface area contributed by atoms with E-state index in [1.54, 1.807) is 0 Å². The first-order valence-corrected chi connectivity index (χ1v) is 11.8. The Morgan fingerprint density at radius 2 is 1.00 bits per heavy atom. The lowest BCUT2D eigenvalue weighted by atomic mass is 10.2. The number of para-hydroxylation sites is 1. The van der Waals surface area contributed by atoms with Gasteiger partial charge in [0.05, 0.1) is 11.2 Å². The van der Waals surface area contributed by atoms with E-state index in [4.69, 9.17) is 0 Å². The van der Waals surface area contributed by atoms with Crippen LogP contribution in [0.3, 0.4) is 0 Å². The molecule has 0 aliphatic rings. The van der Waals surface area contributed by atoms with Gasteiger partial charge in [-0.15, -0.1) is 0 Å². The molecule has 0 aliphatic heterocycles. The number of fused-ring (bicyclic) bond motifs is 1. The fraction of sp³-hybridized carbons (Fsp3) is 0.0741. The number of aromatic nitrogens is 2. The van der Waals surface area contributed by atoms with Gasteiger partial charge in [-0.25, -0.2) is 0 Å². The van der Waals surface area contributed by atoms with Gasteiger partial charge in [-0.05, 0) is 42.5 Å². The van der Waals surface area contributed by atoms with E-state index < -0.39 is 7.26 Å². The van der Waals surface area contributed by atoms with Gasteiger partial charge in [-0.2, -0.15) is 5.10 Å². The van der Waals surface area contributed by atoms with E-state index in [0.29, 0.717) is 0 Å². The molecule has 2 nitrogen and oxygen atoms in total. The van der Waals surface area contributed by atoms with E-state index in [1.807, 2.05) is 6.07 Å². The first kappa shape index (κ1) is 20.1. The van der Waals surface area contributed by atoms with Crippen molar-refractivity contribution in [3.8, 4) is 0 Å². The van der Waals surface area contributed by atoms with E-state index in [1.165, 1.54) is 27.0 Å². The smallest absolute Gasteiger partial charge is 0.118 e. The molecule has 0 aliphatic carbocycles. The van der Waals surface area contributed by atoms with Gasteiger partial charge in [0.1, 0.15) is 29.3 Å². The molecule has 148 valence electrons. The second kappa shape index (κ2) is 8.65. The van der Waals surface area contributed by atoms with Crippen molar-refractivity contribution >= 4 is 34.1 Å². The first-order chi connectivity index (χ1) is 14.4. The standard InChI is InChI=1S/C26H22N2P.CH4/c1-4-12-21(13-5-1)29(22-14-6-2-7-15-22,23-16-8-3-9-17-23)20-26-24-18-10-11-19-25(24)27-28-26;/h1-19H,20H2,(H,27,28);1H4/q+1;. The third-order valence-electron chi connectivity index (χ3n) is 5.53. The Morgan fingerprint density at radius 3 is 1.50 bits per heavy atom. The zero-order valence-electron chi connectivity index (χ0n) is 16.1. The van der Waals surface area contributed by atoms with Crippen molar-refractivity contribution in [3.63, 3.8) is 0 Å². The van der Waals surface area contributed by atoms with Gasteiger partial charge in [0.15, 0.2) is 0 Å². The summed E-state index contributed by atoms with van der Waals surface area (Å²) in [6.07, 6.45) is 0.908. The lowest BCUT2D eigenvalue weighted by Crippen LogP contribution is -2.32. The highest BCUT2D eigenvalue weighted by Crippen LogP contribution is 2.58. The molecule has 30 heavy (non-hydrogen) atoms. The van der Waals surface area contributed by atoms with Gasteiger partial charge in [0, 0.05) is 5.39 Å². The Hall–Kier alpha value is -3.22. The summed E-state index contributed by atoms with van der Waals surface area (Å²) in [4.78, 5) is 0. The molecule has 1 aromatic heterocycles. The molecule has 0 spiro atoms. The Balaban J connectivity index is 0.00000218. The van der Waals surface area contributed by atoms with Crippen molar-refractivity contribution < 1.29 is 0 Å². The zero-order chi connectivity index (χ0) is 19.5. The Bertz CT molecular complexity index is 1120. The average molecular weight is 409 g/mol. The number of H-pyrrole nitrogens is 1. The summed E-state index contributed by atoms with van der Waals surface area (Å²) < 4.78 is 0. The van der Waals surface area contributed by atoms with Gasteiger partial charge in [-0.3, -0.25) is 5.10 Å². The lowest BCUT2D eigenvalue weighted by Gasteiger charge is -2.27. The van der Waals surface area contributed by atoms with Gasteiger partial charge in [0.2, 0.25) is 0 Å². The molecule has 0 saturated heterocycles. The molecule has 0 fully saturated rings. The number of nitrogens with one attached hydrogen (secondary N) is 1. The number of nitrogens with zero attached hydrogens (tertiary/aromatic N) is 1. The van der Waals surface area contributed by atoms with E-state index in [9.17, 15) is 0 Å². The molecule has 0 unspecified atom stereocenters. The average Bonchev–Trinajstić information content (AvgIpc) is 3.22. The highest BCUT2D eigenvalue weighted by atomic mass is 31.2. The van der Waals surface area contributed by atoms with Gasteiger partial charge >= 0.3 is 0 Å². The predicted octanol–water partition coefficient (Wildman–Crippen LogP) is 5.69. The largest absolute Gasteiger partial charge is 0.278 e. The van der Waals surface area contributed by atoms with E-state index in [2.05, 4.69) is 119 Å². The molecular weight excluding hydrogens is 383 g/mol. The fourth-order valence-corrected chi connectivity index (χ4v) is 8.34. The molecule has 5 rings (SSSR count). The van der Waals surface area contributed by atoms with Crippen LogP contribution in [0, 0.1) is 0 Å². The van der Waals surface area contributed by atoms with Crippen LogP contribution in [-0.4, -0.2) is 10.2 Å². The molecule has 0 radical (unpaired) electrons. The van der Waals surface area contributed by atoms with Crippen LogP contribution in [-0.2, 0) is 6.16 Å². The van der Waals surface area contributed by atoms with Crippen molar-refractivity contribution in [1.29, 1.82) is 0 Å². The minimum atomic E-state index is -1.92. The number of hydrogen-bond donors (Lipinski definition) is 1. The zero-order valence-corrected chi connectivity index (χ0v) is 17.0. The van der Waals surface area contributed by atoms with Crippen molar-refractivity contribution in [2.45, 2.75) is 13.6 Å². The van der Waals surface area contributed by atoms with Crippen LogP contribution in [0.25, 0.3) is 10.9 Å². The summed E-state index contributed by atoms with van der Waals surface area (Å²) in [6, 6.07) is 41.3. The van der Waals surface area contributed by atoms with Crippen LogP contribution >= 0.6 is 7.26 Å². The van der Waals surface area contributed by atoms with Crippen molar-refractivity contribution in [2.24, 2.45) is 0 Å². The van der Waals surface area contributed by atoms with Crippen LogP contribution in [0.2, 0.25) is 0 Å². The first-order valence-electron chi connectivity index (χ1n) is 9.85. The van der Waals surface area contributed by atoms with Gasteiger partial charge in [-0.1, -0.05) is 80.2 Å². The molecule has 0 amide bonds. The Kier molecular flexibility index (Phi) is 5.79. The third kappa shape index (κ3) is 3.44. The highest BCUT2D eigenvalue weighted by Gasteiger charge is 2.46. The minimum Gasteiger partial charge on any atom is -0.278 e. The SMILES string of the molecule is C.c1ccc([P+](Cc2[nH]nc3ccccc23)(c2ccccc2)c2ccccc2)cc1.